The van der Waals surface area contributed by atoms with Crippen LogP contribution >= 0.6 is 0 Å². The first-order chi connectivity index (χ1) is 11.3. The van der Waals surface area contributed by atoms with Crippen molar-refractivity contribution in [3.8, 4) is 5.75 Å². The molecule has 4 nitrogen and oxygen atoms in total. The molecular formula is C20H27NO3. The van der Waals surface area contributed by atoms with Gasteiger partial charge in [-0.15, -0.1) is 0 Å². The monoisotopic (exact) mass is 329 g/mol. The van der Waals surface area contributed by atoms with Crippen molar-refractivity contribution in [3.05, 3.63) is 29.3 Å². The van der Waals surface area contributed by atoms with E-state index in [1.807, 2.05) is 43.9 Å². The van der Waals surface area contributed by atoms with E-state index in [1.165, 1.54) is 0 Å². The van der Waals surface area contributed by atoms with Crippen LogP contribution < -0.4 is 4.74 Å². The zero-order valence-electron chi connectivity index (χ0n) is 14.9. The van der Waals surface area contributed by atoms with Gasteiger partial charge in [-0.25, -0.2) is 0 Å². The van der Waals surface area contributed by atoms with E-state index < -0.39 is 0 Å². The van der Waals surface area contributed by atoms with Gasteiger partial charge in [0.25, 0.3) is 0 Å². The van der Waals surface area contributed by atoms with Gasteiger partial charge in [-0.3, -0.25) is 9.59 Å². The van der Waals surface area contributed by atoms with Crippen molar-refractivity contribution in [2.75, 3.05) is 19.7 Å². The minimum Gasteiger partial charge on any atom is -0.493 e. The Bertz CT molecular complexity index is 645. The molecule has 130 valence electrons. The average molecular weight is 329 g/mol. The van der Waals surface area contributed by atoms with Crippen LogP contribution in [0.1, 0.15) is 56.0 Å². The number of rotatable bonds is 3. The number of ketones is 1. The van der Waals surface area contributed by atoms with Crippen molar-refractivity contribution in [2.24, 2.45) is 11.3 Å². The molecule has 1 aliphatic carbocycles. The highest BCUT2D eigenvalue weighted by Crippen LogP contribution is 2.28. The van der Waals surface area contributed by atoms with E-state index in [9.17, 15) is 9.59 Å². The highest BCUT2D eigenvalue weighted by molar-refractivity contribution is 6.00. The third-order valence-corrected chi connectivity index (χ3v) is 4.93. The van der Waals surface area contributed by atoms with E-state index >= 15 is 0 Å². The van der Waals surface area contributed by atoms with Gasteiger partial charge in [0.1, 0.15) is 5.75 Å². The molecule has 1 heterocycles. The van der Waals surface area contributed by atoms with Gasteiger partial charge >= 0.3 is 0 Å². The number of likely N-dealkylation sites (tertiary alicyclic amines) is 1. The maximum absolute atomic E-state index is 12.5. The van der Waals surface area contributed by atoms with Gasteiger partial charge in [0.05, 0.1) is 6.61 Å². The number of amides is 1. The summed E-state index contributed by atoms with van der Waals surface area (Å²) in [5.41, 5.74) is 1.63. The number of aryl methyl sites for hydroxylation is 1. The van der Waals surface area contributed by atoms with Gasteiger partial charge in [0.2, 0.25) is 5.91 Å². The van der Waals surface area contributed by atoms with Crippen molar-refractivity contribution < 1.29 is 14.3 Å². The summed E-state index contributed by atoms with van der Waals surface area (Å²) in [4.78, 5) is 26.1. The summed E-state index contributed by atoms with van der Waals surface area (Å²) in [6, 6.07) is 5.78. The van der Waals surface area contributed by atoms with E-state index in [0.29, 0.717) is 18.9 Å². The molecule has 0 N–H and O–H groups in total. The third-order valence-electron chi connectivity index (χ3n) is 4.93. The molecular weight excluding hydrogens is 302 g/mol. The van der Waals surface area contributed by atoms with Gasteiger partial charge in [-0.1, -0.05) is 20.8 Å². The summed E-state index contributed by atoms with van der Waals surface area (Å²) in [5.74, 6) is 1.67. The second-order valence-corrected chi connectivity index (χ2v) is 8.06. The van der Waals surface area contributed by atoms with Crippen molar-refractivity contribution in [1.82, 2.24) is 4.90 Å². The lowest BCUT2D eigenvalue weighted by atomic mass is 9.91. The molecule has 4 heteroatoms. The minimum absolute atomic E-state index is 0.225. The van der Waals surface area contributed by atoms with E-state index in [1.54, 1.807) is 0 Å². The Hall–Kier alpha value is -1.84. The van der Waals surface area contributed by atoms with Crippen molar-refractivity contribution >= 4 is 11.7 Å². The summed E-state index contributed by atoms with van der Waals surface area (Å²) in [7, 11) is 0. The summed E-state index contributed by atoms with van der Waals surface area (Å²) in [6.45, 7) is 8.18. The SMILES string of the molecule is CC(C)(C)C(=O)N1CCCC(COc2ccc3c(c2)CCC3=O)C1. The van der Waals surface area contributed by atoms with Crippen LogP contribution in [0.3, 0.4) is 0 Å². The molecule has 0 aromatic heterocycles. The fourth-order valence-corrected chi connectivity index (χ4v) is 3.60. The van der Waals surface area contributed by atoms with Crippen LogP contribution in [0, 0.1) is 11.3 Å². The summed E-state index contributed by atoms with van der Waals surface area (Å²) in [6.07, 6.45) is 3.57. The molecule has 1 aromatic carbocycles. The normalized spacial score (nSPS) is 20.9. The molecule has 1 saturated heterocycles. The van der Waals surface area contributed by atoms with Crippen LogP contribution in [0.4, 0.5) is 0 Å². The van der Waals surface area contributed by atoms with Gasteiger partial charge in [0, 0.05) is 36.4 Å². The Kier molecular flexibility index (Phi) is 4.66. The fraction of sp³-hybridized carbons (Fsp3) is 0.600. The summed E-state index contributed by atoms with van der Waals surface area (Å²) < 4.78 is 5.97. The lowest BCUT2D eigenvalue weighted by Crippen LogP contribution is -2.46. The third kappa shape index (κ3) is 3.63. The molecule has 0 radical (unpaired) electrons. The highest BCUT2D eigenvalue weighted by atomic mass is 16.5. The predicted molar refractivity (Wildman–Crippen MR) is 93.3 cm³/mol. The number of hydrogen-bond donors (Lipinski definition) is 0. The first-order valence-electron chi connectivity index (χ1n) is 8.93. The second kappa shape index (κ2) is 6.58. The zero-order valence-corrected chi connectivity index (χ0v) is 14.9. The Morgan fingerprint density at radius 3 is 2.83 bits per heavy atom. The number of Topliss-reactive ketones (excluding diaryl/α,β-unsaturated/α-hetero) is 1. The number of nitrogens with zero attached hydrogens (tertiary/aromatic N) is 1. The molecule has 2 aliphatic rings. The molecule has 24 heavy (non-hydrogen) atoms. The number of carbonyl (C=O) groups is 2. The number of hydrogen-bond acceptors (Lipinski definition) is 3. The van der Waals surface area contributed by atoms with Crippen molar-refractivity contribution in [1.29, 1.82) is 0 Å². The van der Waals surface area contributed by atoms with E-state index in [-0.39, 0.29) is 17.1 Å². The number of piperidine rings is 1. The first-order valence-corrected chi connectivity index (χ1v) is 8.93. The Morgan fingerprint density at radius 1 is 1.29 bits per heavy atom. The Labute approximate surface area is 144 Å². The van der Waals surface area contributed by atoms with Gasteiger partial charge in [-0.05, 0) is 43.0 Å². The van der Waals surface area contributed by atoms with Crippen LogP contribution in [-0.4, -0.2) is 36.3 Å². The van der Waals surface area contributed by atoms with Crippen molar-refractivity contribution in [2.45, 2.75) is 46.5 Å². The van der Waals surface area contributed by atoms with Crippen LogP contribution in [0.15, 0.2) is 18.2 Å². The highest BCUT2D eigenvalue weighted by Gasteiger charge is 2.31. The van der Waals surface area contributed by atoms with Gasteiger partial charge in [-0.2, -0.15) is 0 Å². The smallest absolute Gasteiger partial charge is 0.227 e. The number of ether oxygens (including phenoxy) is 1. The van der Waals surface area contributed by atoms with Crippen LogP contribution in [0.5, 0.6) is 5.75 Å². The zero-order chi connectivity index (χ0) is 17.3. The quantitative estimate of drug-likeness (QED) is 0.853. The predicted octanol–water partition coefficient (Wildman–Crippen LogP) is 3.48. The first kappa shape index (κ1) is 17.0. The molecule has 1 aromatic rings. The molecule has 1 unspecified atom stereocenters. The molecule has 0 bridgehead atoms. The maximum Gasteiger partial charge on any atom is 0.227 e. The Morgan fingerprint density at radius 2 is 2.08 bits per heavy atom. The van der Waals surface area contributed by atoms with E-state index in [4.69, 9.17) is 4.74 Å². The maximum atomic E-state index is 12.5. The minimum atomic E-state index is -0.324. The molecule has 1 aliphatic heterocycles. The number of carbonyl (C=O) groups excluding carboxylic acids is 2. The van der Waals surface area contributed by atoms with E-state index in [2.05, 4.69) is 0 Å². The molecule has 0 spiro atoms. The van der Waals surface area contributed by atoms with Gasteiger partial charge < -0.3 is 9.64 Å². The topological polar surface area (TPSA) is 46.6 Å². The second-order valence-electron chi connectivity index (χ2n) is 8.06. The van der Waals surface area contributed by atoms with Crippen LogP contribution in [-0.2, 0) is 11.2 Å². The molecule has 1 fully saturated rings. The summed E-state index contributed by atoms with van der Waals surface area (Å²) in [5, 5.41) is 0. The lowest BCUT2D eigenvalue weighted by molar-refractivity contribution is -0.141. The largest absolute Gasteiger partial charge is 0.493 e. The standard InChI is InChI=1S/C20H27NO3/c1-20(2,3)19(23)21-10-4-5-14(12-21)13-24-16-7-8-17-15(11-16)6-9-18(17)22/h7-8,11,14H,4-6,9-10,12-13H2,1-3H3. The molecule has 3 rings (SSSR count). The van der Waals surface area contributed by atoms with Crippen LogP contribution in [0.2, 0.25) is 0 Å². The summed E-state index contributed by atoms with van der Waals surface area (Å²) >= 11 is 0. The lowest BCUT2D eigenvalue weighted by Gasteiger charge is -2.36. The number of benzene rings is 1. The van der Waals surface area contributed by atoms with Gasteiger partial charge in [0.15, 0.2) is 5.78 Å². The van der Waals surface area contributed by atoms with Crippen LogP contribution in [0.25, 0.3) is 0 Å². The Balaban J connectivity index is 1.57. The molecule has 1 atom stereocenters. The average Bonchev–Trinajstić information content (AvgIpc) is 2.92. The van der Waals surface area contributed by atoms with Crippen molar-refractivity contribution in [3.63, 3.8) is 0 Å². The molecule has 0 saturated carbocycles. The fourth-order valence-electron chi connectivity index (χ4n) is 3.60. The van der Waals surface area contributed by atoms with E-state index in [0.717, 1.165) is 49.2 Å². The molecule has 1 amide bonds. The number of fused-ring (bicyclic) bond motifs is 1.